The summed E-state index contributed by atoms with van der Waals surface area (Å²) in [6, 6.07) is 0. The third kappa shape index (κ3) is 2.19. The zero-order valence-electron chi connectivity index (χ0n) is 7.63. The molecule has 72 valence electrons. The SMILES string of the molecule is COC(=O)c1sc(C(C)C)nc1Cl. The molecule has 0 atom stereocenters. The Morgan fingerprint density at radius 3 is 2.62 bits per heavy atom. The maximum atomic E-state index is 11.1. The van der Waals surface area contributed by atoms with Gasteiger partial charge >= 0.3 is 5.97 Å². The van der Waals surface area contributed by atoms with E-state index >= 15 is 0 Å². The van der Waals surface area contributed by atoms with Crippen LogP contribution >= 0.6 is 22.9 Å². The molecule has 1 aromatic heterocycles. The number of aromatic nitrogens is 1. The molecule has 0 aromatic carbocycles. The second-order valence-corrected chi connectivity index (χ2v) is 4.21. The van der Waals surface area contributed by atoms with Crippen molar-refractivity contribution in [1.82, 2.24) is 4.98 Å². The van der Waals surface area contributed by atoms with Gasteiger partial charge in [0.05, 0.1) is 12.1 Å². The summed E-state index contributed by atoms with van der Waals surface area (Å²) in [6.45, 7) is 3.99. The molecule has 1 rings (SSSR count). The van der Waals surface area contributed by atoms with Gasteiger partial charge in [-0.3, -0.25) is 0 Å². The fourth-order valence-electron chi connectivity index (χ4n) is 0.783. The van der Waals surface area contributed by atoms with E-state index in [1.807, 2.05) is 13.8 Å². The molecular formula is C8H10ClNO2S. The molecule has 0 N–H and O–H groups in total. The van der Waals surface area contributed by atoms with Crippen LogP contribution in [-0.2, 0) is 4.74 Å². The Labute approximate surface area is 85.7 Å². The average molecular weight is 220 g/mol. The quantitative estimate of drug-likeness (QED) is 0.718. The zero-order chi connectivity index (χ0) is 10.0. The molecule has 5 heteroatoms. The first-order valence-corrected chi connectivity index (χ1v) is 5.00. The van der Waals surface area contributed by atoms with Gasteiger partial charge in [-0.1, -0.05) is 25.4 Å². The summed E-state index contributed by atoms with van der Waals surface area (Å²) >= 11 is 7.04. The normalized spacial score (nSPS) is 10.5. The van der Waals surface area contributed by atoms with E-state index in [0.717, 1.165) is 5.01 Å². The van der Waals surface area contributed by atoms with Crippen LogP contribution in [0.5, 0.6) is 0 Å². The number of rotatable bonds is 2. The molecule has 0 saturated heterocycles. The second-order valence-electron chi connectivity index (χ2n) is 2.82. The predicted octanol–water partition coefficient (Wildman–Crippen LogP) is 2.71. The number of halogens is 1. The maximum absolute atomic E-state index is 11.1. The van der Waals surface area contributed by atoms with Crippen molar-refractivity contribution in [2.45, 2.75) is 19.8 Å². The Bertz CT molecular complexity index is 322. The third-order valence-corrected chi connectivity index (χ3v) is 3.19. The molecular weight excluding hydrogens is 210 g/mol. The minimum absolute atomic E-state index is 0.237. The van der Waals surface area contributed by atoms with Gasteiger partial charge in [-0.15, -0.1) is 11.3 Å². The van der Waals surface area contributed by atoms with Crippen molar-refractivity contribution in [2.24, 2.45) is 0 Å². The lowest BCUT2D eigenvalue weighted by atomic mass is 10.2. The van der Waals surface area contributed by atoms with Gasteiger partial charge in [0.1, 0.15) is 0 Å². The Balaban J connectivity index is 3.03. The highest BCUT2D eigenvalue weighted by molar-refractivity contribution is 7.14. The monoisotopic (exact) mass is 219 g/mol. The summed E-state index contributed by atoms with van der Waals surface area (Å²) in [4.78, 5) is 15.6. The van der Waals surface area contributed by atoms with Crippen molar-refractivity contribution in [2.75, 3.05) is 7.11 Å². The van der Waals surface area contributed by atoms with E-state index in [1.165, 1.54) is 18.4 Å². The molecule has 0 bridgehead atoms. The minimum atomic E-state index is -0.422. The fourth-order valence-corrected chi connectivity index (χ4v) is 1.99. The van der Waals surface area contributed by atoms with Crippen molar-refractivity contribution in [3.8, 4) is 0 Å². The standard InChI is InChI=1S/C8H10ClNO2S/c1-4(2)7-10-6(9)5(13-7)8(11)12-3/h4H,1-3H3. The van der Waals surface area contributed by atoms with Crippen LogP contribution in [0.1, 0.15) is 34.4 Å². The van der Waals surface area contributed by atoms with Crippen LogP contribution < -0.4 is 0 Å². The predicted molar refractivity (Wildman–Crippen MR) is 52.6 cm³/mol. The molecule has 0 aliphatic rings. The zero-order valence-corrected chi connectivity index (χ0v) is 9.20. The van der Waals surface area contributed by atoms with Crippen LogP contribution in [0.3, 0.4) is 0 Å². The smallest absolute Gasteiger partial charge is 0.351 e. The molecule has 0 fully saturated rings. The maximum Gasteiger partial charge on any atom is 0.351 e. The molecule has 0 aliphatic heterocycles. The number of hydrogen-bond acceptors (Lipinski definition) is 4. The summed E-state index contributed by atoms with van der Waals surface area (Å²) < 4.78 is 4.56. The van der Waals surface area contributed by atoms with Crippen molar-refractivity contribution in [1.29, 1.82) is 0 Å². The Morgan fingerprint density at radius 2 is 2.23 bits per heavy atom. The molecule has 0 spiro atoms. The van der Waals surface area contributed by atoms with E-state index in [9.17, 15) is 4.79 Å². The number of ether oxygens (including phenoxy) is 1. The van der Waals surface area contributed by atoms with E-state index in [4.69, 9.17) is 11.6 Å². The summed E-state index contributed by atoms with van der Waals surface area (Å²) in [5.41, 5.74) is 0. The first-order chi connectivity index (χ1) is 6.06. The lowest BCUT2D eigenvalue weighted by Gasteiger charge is -1.95. The van der Waals surface area contributed by atoms with E-state index < -0.39 is 5.97 Å². The largest absolute Gasteiger partial charge is 0.465 e. The molecule has 0 aliphatic carbocycles. The number of methoxy groups -OCH3 is 1. The Hall–Kier alpha value is -0.610. The molecule has 13 heavy (non-hydrogen) atoms. The van der Waals surface area contributed by atoms with Crippen LogP contribution in [0.25, 0.3) is 0 Å². The van der Waals surface area contributed by atoms with Gasteiger partial charge < -0.3 is 4.74 Å². The van der Waals surface area contributed by atoms with Gasteiger partial charge in [-0.2, -0.15) is 0 Å². The summed E-state index contributed by atoms with van der Waals surface area (Å²) in [5, 5.41) is 1.09. The van der Waals surface area contributed by atoms with Crippen molar-refractivity contribution in [3.63, 3.8) is 0 Å². The second kappa shape index (κ2) is 4.07. The molecule has 0 unspecified atom stereocenters. The molecule has 0 amide bonds. The van der Waals surface area contributed by atoms with Crippen molar-refractivity contribution < 1.29 is 9.53 Å². The van der Waals surface area contributed by atoms with Crippen molar-refractivity contribution in [3.05, 3.63) is 15.0 Å². The number of thiazole rings is 1. The van der Waals surface area contributed by atoms with Gasteiger partial charge in [0.15, 0.2) is 10.0 Å². The average Bonchev–Trinajstić information content (AvgIpc) is 2.46. The van der Waals surface area contributed by atoms with E-state index in [2.05, 4.69) is 9.72 Å². The van der Waals surface area contributed by atoms with Gasteiger partial charge in [-0.05, 0) is 0 Å². The number of carbonyl (C=O) groups excluding carboxylic acids is 1. The molecule has 0 saturated carbocycles. The number of carbonyl (C=O) groups is 1. The summed E-state index contributed by atoms with van der Waals surface area (Å²) in [7, 11) is 1.33. The minimum Gasteiger partial charge on any atom is -0.465 e. The number of esters is 1. The Kier molecular flexibility index (Phi) is 3.27. The first kappa shape index (κ1) is 10.5. The van der Waals surface area contributed by atoms with Gasteiger partial charge in [0.25, 0.3) is 0 Å². The van der Waals surface area contributed by atoms with Gasteiger partial charge in [0.2, 0.25) is 0 Å². The molecule has 1 heterocycles. The van der Waals surface area contributed by atoms with Crippen LogP contribution in [0.2, 0.25) is 5.15 Å². The number of nitrogens with zero attached hydrogens (tertiary/aromatic N) is 1. The first-order valence-electron chi connectivity index (χ1n) is 3.80. The lowest BCUT2D eigenvalue weighted by Crippen LogP contribution is -1.98. The Morgan fingerprint density at radius 1 is 1.62 bits per heavy atom. The topological polar surface area (TPSA) is 39.2 Å². The highest BCUT2D eigenvalue weighted by Gasteiger charge is 2.18. The molecule has 3 nitrogen and oxygen atoms in total. The summed E-state index contributed by atoms with van der Waals surface area (Å²) in [6.07, 6.45) is 0. The van der Waals surface area contributed by atoms with Crippen LogP contribution in [-0.4, -0.2) is 18.1 Å². The van der Waals surface area contributed by atoms with Gasteiger partial charge in [-0.25, -0.2) is 9.78 Å². The highest BCUT2D eigenvalue weighted by atomic mass is 35.5. The lowest BCUT2D eigenvalue weighted by molar-refractivity contribution is 0.0606. The van der Waals surface area contributed by atoms with Crippen LogP contribution in [0, 0.1) is 0 Å². The highest BCUT2D eigenvalue weighted by Crippen LogP contribution is 2.28. The summed E-state index contributed by atoms with van der Waals surface area (Å²) in [5.74, 6) is -0.143. The van der Waals surface area contributed by atoms with Crippen molar-refractivity contribution >= 4 is 28.9 Å². The van der Waals surface area contributed by atoms with E-state index in [-0.39, 0.29) is 11.1 Å². The van der Waals surface area contributed by atoms with Crippen LogP contribution in [0.15, 0.2) is 0 Å². The van der Waals surface area contributed by atoms with Crippen LogP contribution in [0.4, 0.5) is 0 Å². The van der Waals surface area contributed by atoms with E-state index in [0.29, 0.717) is 4.88 Å². The number of hydrogen-bond donors (Lipinski definition) is 0. The third-order valence-electron chi connectivity index (χ3n) is 1.47. The molecule has 0 radical (unpaired) electrons. The van der Waals surface area contributed by atoms with E-state index in [1.54, 1.807) is 0 Å². The van der Waals surface area contributed by atoms with Gasteiger partial charge in [0, 0.05) is 5.92 Å². The fraction of sp³-hybridized carbons (Fsp3) is 0.500. The molecule has 1 aromatic rings.